The molecule has 8 nitrogen and oxygen atoms in total. The summed E-state index contributed by atoms with van der Waals surface area (Å²) in [5.74, 6) is -0.716. The Labute approximate surface area is 146 Å². The number of fused-ring (bicyclic) bond motifs is 1. The van der Waals surface area contributed by atoms with Crippen molar-refractivity contribution >= 4 is 28.8 Å². The minimum Gasteiger partial charge on any atom is -0.366 e. The lowest BCUT2D eigenvalue weighted by Gasteiger charge is -2.08. The van der Waals surface area contributed by atoms with Crippen molar-refractivity contribution in [1.82, 2.24) is 20.2 Å². The number of aromatic nitrogens is 4. The number of nitrogens with one attached hydrogen (secondary N) is 1. The summed E-state index contributed by atoms with van der Waals surface area (Å²) in [4.78, 5) is 25.2. The number of nitrogens with zero attached hydrogens (tertiary/aromatic N) is 4. The molecular weight excluding hydrogens is 340 g/mol. The zero-order valence-corrected chi connectivity index (χ0v) is 13.9. The molecule has 0 spiro atoms. The number of amides is 2. The predicted molar refractivity (Wildman–Crippen MR) is 92.0 cm³/mol. The van der Waals surface area contributed by atoms with Gasteiger partial charge in [-0.25, -0.2) is 0 Å². The molecule has 0 saturated carbocycles. The molecule has 2 amide bonds. The van der Waals surface area contributed by atoms with E-state index in [0.717, 1.165) is 29.8 Å². The number of anilines is 1. The smallest absolute Gasteiger partial charge is 0.259 e. The standard InChI is InChI=1S/C16H14N6O2S/c17-14(23)9-4-6-10(7-5-9)19-15(24)13-11-2-1-3-12(11)25-16(13)22-8-18-20-21-22/h4-8H,1-3H2,(H2,17,23)(H,19,24). The second-order valence-electron chi connectivity index (χ2n) is 5.69. The molecule has 2 heterocycles. The number of benzene rings is 1. The fourth-order valence-electron chi connectivity index (χ4n) is 2.95. The molecule has 0 unspecified atom stereocenters. The number of aryl methyl sites for hydroxylation is 1. The van der Waals surface area contributed by atoms with E-state index in [4.69, 9.17) is 5.73 Å². The van der Waals surface area contributed by atoms with Gasteiger partial charge in [0.2, 0.25) is 5.91 Å². The molecule has 1 aromatic carbocycles. The summed E-state index contributed by atoms with van der Waals surface area (Å²) in [6.45, 7) is 0. The van der Waals surface area contributed by atoms with Crippen LogP contribution in [0.2, 0.25) is 0 Å². The summed E-state index contributed by atoms with van der Waals surface area (Å²) in [7, 11) is 0. The van der Waals surface area contributed by atoms with Gasteiger partial charge in [-0.2, -0.15) is 4.68 Å². The first-order chi connectivity index (χ1) is 12.1. The van der Waals surface area contributed by atoms with E-state index in [1.165, 1.54) is 15.9 Å². The first-order valence-corrected chi connectivity index (χ1v) is 8.54. The summed E-state index contributed by atoms with van der Waals surface area (Å²) in [5.41, 5.74) is 7.90. The van der Waals surface area contributed by atoms with Crippen LogP contribution < -0.4 is 11.1 Å². The normalized spacial score (nSPS) is 12.8. The van der Waals surface area contributed by atoms with Crippen LogP contribution in [0, 0.1) is 0 Å². The van der Waals surface area contributed by atoms with Crippen LogP contribution in [0.5, 0.6) is 0 Å². The van der Waals surface area contributed by atoms with E-state index in [1.807, 2.05) is 0 Å². The molecule has 0 atom stereocenters. The van der Waals surface area contributed by atoms with Crippen LogP contribution in [0.25, 0.3) is 5.00 Å². The lowest BCUT2D eigenvalue weighted by atomic mass is 10.1. The third-order valence-electron chi connectivity index (χ3n) is 4.11. The first kappa shape index (κ1) is 15.5. The molecule has 0 saturated heterocycles. The molecule has 126 valence electrons. The van der Waals surface area contributed by atoms with Gasteiger partial charge >= 0.3 is 0 Å². The van der Waals surface area contributed by atoms with E-state index in [9.17, 15) is 9.59 Å². The summed E-state index contributed by atoms with van der Waals surface area (Å²) < 4.78 is 1.52. The monoisotopic (exact) mass is 354 g/mol. The van der Waals surface area contributed by atoms with Crippen molar-refractivity contribution in [3.63, 3.8) is 0 Å². The van der Waals surface area contributed by atoms with Crippen molar-refractivity contribution in [2.45, 2.75) is 19.3 Å². The minimum absolute atomic E-state index is 0.211. The fourth-order valence-corrected chi connectivity index (χ4v) is 4.25. The minimum atomic E-state index is -0.505. The van der Waals surface area contributed by atoms with Crippen LogP contribution in [-0.2, 0) is 12.8 Å². The summed E-state index contributed by atoms with van der Waals surface area (Å²) >= 11 is 1.55. The van der Waals surface area contributed by atoms with Gasteiger partial charge in [0.25, 0.3) is 5.91 Å². The van der Waals surface area contributed by atoms with Crippen molar-refractivity contribution < 1.29 is 9.59 Å². The molecule has 0 fully saturated rings. The summed E-state index contributed by atoms with van der Waals surface area (Å²) in [6, 6.07) is 6.47. The molecule has 9 heteroatoms. The van der Waals surface area contributed by atoms with Gasteiger partial charge in [0, 0.05) is 16.1 Å². The van der Waals surface area contributed by atoms with Crippen LogP contribution in [0.1, 0.15) is 37.6 Å². The number of thiophene rings is 1. The van der Waals surface area contributed by atoms with Gasteiger partial charge in [0.05, 0.1) is 5.56 Å². The molecule has 25 heavy (non-hydrogen) atoms. The quantitative estimate of drug-likeness (QED) is 0.738. The first-order valence-electron chi connectivity index (χ1n) is 7.72. The molecule has 3 aromatic rings. The highest BCUT2D eigenvalue weighted by Crippen LogP contribution is 2.37. The predicted octanol–water partition coefficient (Wildman–Crippen LogP) is 1.56. The van der Waals surface area contributed by atoms with Gasteiger partial charge < -0.3 is 11.1 Å². The van der Waals surface area contributed by atoms with Gasteiger partial charge in [-0.1, -0.05) is 0 Å². The maximum atomic E-state index is 12.9. The number of hydrogen-bond donors (Lipinski definition) is 2. The van der Waals surface area contributed by atoms with E-state index < -0.39 is 5.91 Å². The van der Waals surface area contributed by atoms with E-state index in [2.05, 4.69) is 20.8 Å². The zero-order valence-electron chi connectivity index (χ0n) is 13.1. The molecular formula is C16H14N6O2S. The largest absolute Gasteiger partial charge is 0.366 e. The topological polar surface area (TPSA) is 116 Å². The summed E-state index contributed by atoms with van der Waals surface area (Å²) in [6.07, 6.45) is 4.37. The highest BCUT2D eigenvalue weighted by molar-refractivity contribution is 7.15. The van der Waals surface area contributed by atoms with Gasteiger partial charge in [-0.05, 0) is 59.5 Å². The van der Waals surface area contributed by atoms with Crippen molar-refractivity contribution in [3.05, 3.63) is 52.2 Å². The van der Waals surface area contributed by atoms with Crippen LogP contribution in [0.15, 0.2) is 30.6 Å². The van der Waals surface area contributed by atoms with Crippen LogP contribution in [0.3, 0.4) is 0 Å². The van der Waals surface area contributed by atoms with E-state index in [0.29, 0.717) is 16.8 Å². The zero-order chi connectivity index (χ0) is 17.4. The molecule has 3 N–H and O–H groups in total. The van der Waals surface area contributed by atoms with Gasteiger partial charge in [0.1, 0.15) is 11.3 Å². The Kier molecular flexibility index (Phi) is 3.77. The number of nitrogens with two attached hydrogens (primary N) is 1. The Bertz CT molecular complexity index is 946. The molecule has 1 aliphatic carbocycles. The van der Waals surface area contributed by atoms with Crippen molar-refractivity contribution in [1.29, 1.82) is 0 Å². The molecule has 0 aliphatic heterocycles. The van der Waals surface area contributed by atoms with Crippen molar-refractivity contribution in [2.75, 3.05) is 5.32 Å². The van der Waals surface area contributed by atoms with E-state index in [1.54, 1.807) is 35.6 Å². The Morgan fingerprint density at radius 1 is 1.20 bits per heavy atom. The third-order valence-corrected chi connectivity index (χ3v) is 5.40. The Morgan fingerprint density at radius 3 is 2.68 bits per heavy atom. The van der Waals surface area contributed by atoms with Crippen LogP contribution in [-0.4, -0.2) is 32.0 Å². The Morgan fingerprint density at radius 2 is 2.00 bits per heavy atom. The van der Waals surface area contributed by atoms with Crippen LogP contribution in [0.4, 0.5) is 5.69 Å². The van der Waals surface area contributed by atoms with Crippen molar-refractivity contribution in [2.24, 2.45) is 5.73 Å². The highest BCUT2D eigenvalue weighted by atomic mass is 32.1. The second kappa shape index (κ2) is 6.10. The molecule has 0 radical (unpaired) electrons. The number of primary amides is 1. The van der Waals surface area contributed by atoms with Gasteiger partial charge in [-0.3, -0.25) is 9.59 Å². The number of rotatable bonds is 4. The van der Waals surface area contributed by atoms with Gasteiger partial charge in [0.15, 0.2) is 0 Å². The number of hydrogen-bond acceptors (Lipinski definition) is 6. The molecule has 1 aliphatic rings. The molecule has 0 bridgehead atoms. The third kappa shape index (κ3) is 2.78. The van der Waals surface area contributed by atoms with Gasteiger partial charge in [-0.15, -0.1) is 16.4 Å². The average Bonchev–Trinajstić information content (AvgIpc) is 3.31. The van der Waals surface area contributed by atoms with E-state index >= 15 is 0 Å². The van der Waals surface area contributed by atoms with Crippen molar-refractivity contribution in [3.8, 4) is 5.00 Å². The fraction of sp³-hybridized carbons (Fsp3) is 0.188. The van der Waals surface area contributed by atoms with E-state index in [-0.39, 0.29) is 5.91 Å². The van der Waals surface area contributed by atoms with Crippen LogP contribution >= 0.6 is 11.3 Å². The Balaban J connectivity index is 1.67. The lowest BCUT2D eigenvalue weighted by molar-refractivity contribution is 0.0998. The second-order valence-corrected chi connectivity index (χ2v) is 6.77. The average molecular weight is 354 g/mol. The highest BCUT2D eigenvalue weighted by Gasteiger charge is 2.28. The number of carbonyl (C=O) groups is 2. The SMILES string of the molecule is NC(=O)c1ccc(NC(=O)c2c(-n3cnnn3)sc3c2CCC3)cc1. The lowest BCUT2D eigenvalue weighted by Crippen LogP contribution is -2.16. The maximum absolute atomic E-state index is 12.9. The number of tetrazole rings is 1. The maximum Gasteiger partial charge on any atom is 0.259 e. The number of carbonyl (C=O) groups excluding carboxylic acids is 2. The molecule has 2 aromatic heterocycles. The Hall–Kier alpha value is -3.07. The summed E-state index contributed by atoms with van der Waals surface area (Å²) in [5, 5.41) is 14.8. The molecule has 4 rings (SSSR count).